The molecule has 0 bridgehead atoms. The molecule has 0 aromatic heterocycles. The van der Waals surface area contributed by atoms with Crippen molar-refractivity contribution in [2.24, 2.45) is 0 Å². The fourth-order valence-electron chi connectivity index (χ4n) is 2.95. The van der Waals surface area contributed by atoms with Crippen LogP contribution in [-0.4, -0.2) is 50.5 Å². The molecule has 20 heavy (non-hydrogen) atoms. The Labute approximate surface area is 121 Å². The Bertz CT molecular complexity index is 291. The van der Waals surface area contributed by atoms with Crippen LogP contribution >= 0.6 is 0 Å². The van der Waals surface area contributed by atoms with E-state index >= 15 is 0 Å². The van der Waals surface area contributed by atoms with Crippen LogP contribution in [0.1, 0.15) is 45.4 Å². The standard InChI is InChI=1S/C15H28N2O3/c1-12-8-16-9-14(20-12)10-19-11-15(18)17-13-6-4-2-3-5-7-13/h12-14,16H,2-11H2,1H3,(H,17,18). The van der Waals surface area contributed by atoms with Crippen LogP contribution < -0.4 is 10.6 Å². The minimum atomic E-state index is 0.00807. The zero-order valence-corrected chi connectivity index (χ0v) is 12.5. The van der Waals surface area contributed by atoms with Crippen LogP contribution in [-0.2, 0) is 14.3 Å². The summed E-state index contributed by atoms with van der Waals surface area (Å²) >= 11 is 0. The van der Waals surface area contributed by atoms with Gasteiger partial charge >= 0.3 is 0 Å². The maximum absolute atomic E-state index is 11.8. The van der Waals surface area contributed by atoms with Crippen LogP contribution in [0.5, 0.6) is 0 Å². The summed E-state index contributed by atoms with van der Waals surface area (Å²) in [6.07, 6.45) is 7.55. The molecule has 0 aromatic carbocycles. The lowest BCUT2D eigenvalue weighted by atomic mass is 10.1. The van der Waals surface area contributed by atoms with E-state index in [1.807, 2.05) is 6.92 Å². The summed E-state index contributed by atoms with van der Waals surface area (Å²) in [6.45, 7) is 4.35. The summed E-state index contributed by atoms with van der Waals surface area (Å²) in [5.74, 6) is 0.00807. The van der Waals surface area contributed by atoms with Crippen molar-refractivity contribution < 1.29 is 14.3 Å². The van der Waals surface area contributed by atoms with E-state index in [1.54, 1.807) is 0 Å². The average Bonchev–Trinajstić information content (AvgIpc) is 2.67. The molecule has 2 fully saturated rings. The average molecular weight is 284 g/mol. The van der Waals surface area contributed by atoms with Crippen molar-refractivity contribution in [3.8, 4) is 0 Å². The van der Waals surface area contributed by atoms with Gasteiger partial charge in [0.15, 0.2) is 0 Å². The van der Waals surface area contributed by atoms with Crippen molar-refractivity contribution in [3.05, 3.63) is 0 Å². The molecule has 1 saturated heterocycles. The van der Waals surface area contributed by atoms with E-state index < -0.39 is 0 Å². The molecule has 2 N–H and O–H groups in total. The van der Waals surface area contributed by atoms with Gasteiger partial charge in [0.1, 0.15) is 6.61 Å². The van der Waals surface area contributed by atoms with Gasteiger partial charge in [-0.25, -0.2) is 0 Å². The van der Waals surface area contributed by atoms with Crippen LogP contribution in [0.4, 0.5) is 0 Å². The first kappa shape index (κ1) is 15.7. The monoisotopic (exact) mass is 284 g/mol. The fourth-order valence-corrected chi connectivity index (χ4v) is 2.95. The molecule has 5 nitrogen and oxygen atoms in total. The number of ether oxygens (including phenoxy) is 2. The molecule has 0 spiro atoms. The summed E-state index contributed by atoms with van der Waals surface area (Å²) < 4.78 is 11.2. The summed E-state index contributed by atoms with van der Waals surface area (Å²) in [7, 11) is 0. The molecule has 2 rings (SSSR count). The first-order valence-corrected chi connectivity index (χ1v) is 7.97. The highest BCUT2D eigenvalue weighted by Crippen LogP contribution is 2.17. The highest BCUT2D eigenvalue weighted by atomic mass is 16.5. The number of hydrogen-bond acceptors (Lipinski definition) is 4. The highest BCUT2D eigenvalue weighted by Gasteiger charge is 2.19. The summed E-state index contributed by atoms with van der Waals surface area (Å²) in [5, 5.41) is 6.37. The molecule has 1 saturated carbocycles. The van der Waals surface area contributed by atoms with Gasteiger partial charge in [-0.15, -0.1) is 0 Å². The Hall–Kier alpha value is -0.650. The topological polar surface area (TPSA) is 59.6 Å². The molecule has 116 valence electrons. The SMILES string of the molecule is CC1CNCC(COCC(=O)NC2CCCCCC2)O1. The lowest BCUT2D eigenvalue weighted by Crippen LogP contribution is -2.46. The summed E-state index contributed by atoms with van der Waals surface area (Å²) in [6, 6.07) is 0.348. The molecule has 1 heterocycles. The highest BCUT2D eigenvalue weighted by molar-refractivity contribution is 5.77. The van der Waals surface area contributed by atoms with Crippen LogP contribution in [0.25, 0.3) is 0 Å². The lowest BCUT2D eigenvalue weighted by molar-refractivity contribution is -0.129. The minimum absolute atomic E-state index is 0.00807. The molecule has 0 aromatic rings. The fraction of sp³-hybridized carbons (Fsp3) is 0.933. The summed E-state index contributed by atoms with van der Waals surface area (Å²) in [5.41, 5.74) is 0. The largest absolute Gasteiger partial charge is 0.370 e. The van der Waals surface area contributed by atoms with Crippen molar-refractivity contribution >= 4 is 5.91 Å². The second-order valence-electron chi connectivity index (χ2n) is 6.00. The van der Waals surface area contributed by atoms with E-state index in [0.29, 0.717) is 12.6 Å². The maximum atomic E-state index is 11.8. The van der Waals surface area contributed by atoms with E-state index in [1.165, 1.54) is 25.7 Å². The summed E-state index contributed by atoms with van der Waals surface area (Å²) in [4.78, 5) is 11.8. The Balaban J connectivity index is 1.57. The third-order valence-corrected chi connectivity index (χ3v) is 3.99. The Kier molecular flexibility index (Phi) is 6.76. The second kappa shape index (κ2) is 8.60. The number of carbonyl (C=O) groups excluding carboxylic acids is 1. The first-order valence-electron chi connectivity index (χ1n) is 7.97. The predicted molar refractivity (Wildman–Crippen MR) is 77.7 cm³/mol. The van der Waals surface area contributed by atoms with Gasteiger partial charge < -0.3 is 20.1 Å². The van der Waals surface area contributed by atoms with E-state index in [4.69, 9.17) is 9.47 Å². The number of amides is 1. The van der Waals surface area contributed by atoms with Crippen LogP contribution in [0.15, 0.2) is 0 Å². The number of morpholine rings is 1. The van der Waals surface area contributed by atoms with Crippen molar-refractivity contribution in [2.45, 2.75) is 63.7 Å². The molecule has 0 radical (unpaired) electrons. The third kappa shape index (κ3) is 5.77. The van der Waals surface area contributed by atoms with Gasteiger partial charge in [0, 0.05) is 19.1 Å². The Morgan fingerprint density at radius 3 is 2.70 bits per heavy atom. The van der Waals surface area contributed by atoms with E-state index in [2.05, 4.69) is 10.6 Å². The molecule has 2 unspecified atom stereocenters. The number of carbonyl (C=O) groups is 1. The molecular weight excluding hydrogens is 256 g/mol. The molecule has 2 aliphatic rings. The second-order valence-corrected chi connectivity index (χ2v) is 6.00. The zero-order chi connectivity index (χ0) is 14.2. The zero-order valence-electron chi connectivity index (χ0n) is 12.5. The van der Waals surface area contributed by atoms with Crippen LogP contribution in [0.2, 0.25) is 0 Å². The minimum Gasteiger partial charge on any atom is -0.370 e. The third-order valence-electron chi connectivity index (χ3n) is 3.99. The van der Waals surface area contributed by atoms with Gasteiger partial charge in [0.2, 0.25) is 5.91 Å². The predicted octanol–water partition coefficient (Wildman–Crippen LogP) is 1.22. The normalized spacial score (nSPS) is 28.9. The number of hydrogen-bond donors (Lipinski definition) is 2. The van der Waals surface area contributed by atoms with Gasteiger partial charge in [0.25, 0.3) is 0 Å². The molecule has 1 aliphatic carbocycles. The van der Waals surface area contributed by atoms with Gasteiger partial charge in [0.05, 0.1) is 18.8 Å². The van der Waals surface area contributed by atoms with Crippen LogP contribution in [0.3, 0.4) is 0 Å². The van der Waals surface area contributed by atoms with Crippen LogP contribution in [0, 0.1) is 0 Å². The van der Waals surface area contributed by atoms with E-state index in [9.17, 15) is 4.79 Å². The maximum Gasteiger partial charge on any atom is 0.246 e. The Morgan fingerprint density at radius 2 is 2.00 bits per heavy atom. The van der Waals surface area contributed by atoms with Gasteiger partial charge in [-0.2, -0.15) is 0 Å². The van der Waals surface area contributed by atoms with E-state index in [-0.39, 0.29) is 24.7 Å². The molecule has 1 amide bonds. The lowest BCUT2D eigenvalue weighted by Gasteiger charge is -2.28. The molecule has 2 atom stereocenters. The Morgan fingerprint density at radius 1 is 1.25 bits per heavy atom. The number of rotatable bonds is 5. The molecular formula is C15H28N2O3. The van der Waals surface area contributed by atoms with E-state index in [0.717, 1.165) is 25.9 Å². The molecule has 5 heteroatoms. The van der Waals surface area contributed by atoms with Crippen molar-refractivity contribution in [1.82, 2.24) is 10.6 Å². The van der Waals surface area contributed by atoms with Crippen molar-refractivity contribution in [3.63, 3.8) is 0 Å². The smallest absolute Gasteiger partial charge is 0.246 e. The molecule has 1 aliphatic heterocycles. The van der Waals surface area contributed by atoms with Gasteiger partial charge in [-0.05, 0) is 19.8 Å². The van der Waals surface area contributed by atoms with Gasteiger partial charge in [-0.3, -0.25) is 4.79 Å². The van der Waals surface area contributed by atoms with Crippen molar-refractivity contribution in [1.29, 1.82) is 0 Å². The van der Waals surface area contributed by atoms with Crippen molar-refractivity contribution in [2.75, 3.05) is 26.3 Å². The quantitative estimate of drug-likeness (QED) is 0.745. The van der Waals surface area contributed by atoms with Gasteiger partial charge in [-0.1, -0.05) is 25.7 Å². The first-order chi connectivity index (χ1) is 9.74. The number of nitrogens with one attached hydrogen (secondary N) is 2.